The van der Waals surface area contributed by atoms with Crippen molar-refractivity contribution in [3.63, 3.8) is 0 Å². The van der Waals surface area contributed by atoms with E-state index in [-0.39, 0.29) is 17.8 Å². The second-order valence-electron chi connectivity index (χ2n) is 4.00. The first-order valence-electron chi connectivity index (χ1n) is 5.30. The van der Waals surface area contributed by atoms with E-state index in [0.717, 1.165) is 4.57 Å². The van der Waals surface area contributed by atoms with Crippen LogP contribution < -0.4 is 11.2 Å². The molecule has 1 aromatic heterocycles. The minimum Gasteiger partial charge on any atom is -0.302 e. The molecule has 0 atom stereocenters. The molecule has 0 unspecified atom stereocenters. The predicted octanol–water partition coefficient (Wildman–Crippen LogP) is 2.51. The van der Waals surface area contributed by atoms with Crippen molar-refractivity contribution in [2.24, 2.45) is 7.05 Å². The van der Waals surface area contributed by atoms with Gasteiger partial charge in [0.25, 0.3) is 5.56 Å². The van der Waals surface area contributed by atoms with E-state index in [2.05, 4.69) is 0 Å². The highest BCUT2D eigenvalue weighted by Crippen LogP contribution is 2.20. The molecule has 19 heavy (non-hydrogen) atoms. The van der Waals surface area contributed by atoms with Crippen LogP contribution in [0.25, 0.3) is 0 Å². The van der Waals surface area contributed by atoms with Crippen molar-refractivity contribution in [2.45, 2.75) is 6.54 Å². The first-order valence-corrected chi connectivity index (χ1v) is 7.13. The minimum absolute atomic E-state index is 0.0989. The summed E-state index contributed by atoms with van der Waals surface area (Å²) in [5, 5.41) is 0.979. The second-order valence-corrected chi connectivity index (χ2v) is 6.00. The van der Waals surface area contributed by atoms with Crippen LogP contribution >= 0.6 is 45.8 Å². The van der Waals surface area contributed by atoms with Crippen LogP contribution in [0.5, 0.6) is 0 Å². The van der Waals surface area contributed by atoms with E-state index in [4.69, 9.17) is 23.2 Å². The maximum atomic E-state index is 12.0. The Labute approximate surface area is 132 Å². The van der Waals surface area contributed by atoms with E-state index in [1.807, 2.05) is 22.6 Å². The molecule has 2 aromatic rings. The van der Waals surface area contributed by atoms with Crippen LogP contribution in [0.1, 0.15) is 5.56 Å². The van der Waals surface area contributed by atoms with E-state index in [1.54, 1.807) is 25.2 Å². The van der Waals surface area contributed by atoms with Gasteiger partial charge in [-0.25, -0.2) is 4.79 Å². The van der Waals surface area contributed by atoms with Crippen LogP contribution in [-0.2, 0) is 13.6 Å². The molecular weight excluding hydrogens is 402 g/mol. The summed E-state index contributed by atoms with van der Waals surface area (Å²) in [5.74, 6) is 0. The van der Waals surface area contributed by atoms with Gasteiger partial charge in [0, 0.05) is 23.3 Å². The average Bonchev–Trinajstić information content (AvgIpc) is 2.36. The van der Waals surface area contributed by atoms with E-state index >= 15 is 0 Å². The fourth-order valence-electron chi connectivity index (χ4n) is 1.66. The van der Waals surface area contributed by atoms with Crippen LogP contribution in [0.3, 0.4) is 0 Å². The van der Waals surface area contributed by atoms with Gasteiger partial charge in [-0.2, -0.15) is 0 Å². The lowest BCUT2D eigenvalue weighted by molar-refractivity contribution is 0.634. The first kappa shape index (κ1) is 14.6. The van der Waals surface area contributed by atoms with E-state index < -0.39 is 0 Å². The highest BCUT2D eigenvalue weighted by Gasteiger charge is 2.10. The van der Waals surface area contributed by atoms with Gasteiger partial charge in [-0.15, -0.1) is 0 Å². The van der Waals surface area contributed by atoms with Crippen molar-refractivity contribution in [1.29, 1.82) is 0 Å². The molecule has 1 aromatic carbocycles. The highest BCUT2D eigenvalue weighted by atomic mass is 127. The topological polar surface area (TPSA) is 44.0 Å². The molecular formula is C12H9Cl2IN2O2. The zero-order valence-electron chi connectivity index (χ0n) is 9.86. The molecule has 2 rings (SSSR count). The molecule has 0 saturated carbocycles. The number of aromatic nitrogens is 2. The molecule has 0 spiro atoms. The molecule has 0 fully saturated rings. The van der Waals surface area contributed by atoms with Crippen LogP contribution in [-0.4, -0.2) is 9.13 Å². The highest BCUT2D eigenvalue weighted by molar-refractivity contribution is 14.1. The summed E-state index contributed by atoms with van der Waals surface area (Å²) >= 11 is 13.8. The predicted molar refractivity (Wildman–Crippen MR) is 84.2 cm³/mol. The van der Waals surface area contributed by atoms with Crippen LogP contribution in [0.15, 0.2) is 34.0 Å². The van der Waals surface area contributed by atoms with Gasteiger partial charge in [0.2, 0.25) is 0 Å². The molecule has 100 valence electrons. The van der Waals surface area contributed by atoms with Gasteiger partial charge < -0.3 is 4.57 Å². The summed E-state index contributed by atoms with van der Waals surface area (Å²) in [6.07, 6.45) is 1.50. The third-order valence-corrected chi connectivity index (χ3v) is 3.97. The lowest BCUT2D eigenvalue weighted by atomic mass is 10.2. The normalized spacial score (nSPS) is 10.7. The summed E-state index contributed by atoms with van der Waals surface area (Å²) in [6, 6.07) is 4.95. The van der Waals surface area contributed by atoms with Gasteiger partial charge in [0.05, 0.1) is 10.1 Å². The van der Waals surface area contributed by atoms with Crippen molar-refractivity contribution < 1.29 is 0 Å². The molecule has 4 nitrogen and oxygen atoms in total. The smallest absolute Gasteiger partial charge is 0.302 e. The summed E-state index contributed by atoms with van der Waals surface area (Å²) < 4.78 is 2.97. The molecule has 0 aliphatic carbocycles. The molecule has 7 heteroatoms. The Morgan fingerprint density at radius 2 is 1.95 bits per heavy atom. The summed E-state index contributed by atoms with van der Waals surface area (Å²) in [4.78, 5) is 24.0. The van der Waals surface area contributed by atoms with E-state index in [1.165, 1.54) is 10.8 Å². The Bertz CT molecular complexity index is 718. The largest absolute Gasteiger partial charge is 0.331 e. The summed E-state index contributed by atoms with van der Waals surface area (Å²) in [5.41, 5.74) is -0.0865. The molecule has 0 radical (unpaired) electrons. The number of rotatable bonds is 2. The maximum absolute atomic E-state index is 12.0. The summed E-state index contributed by atoms with van der Waals surface area (Å²) in [7, 11) is 1.60. The Morgan fingerprint density at radius 3 is 2.63 bits per heavy atom. The summed E-state index contributed by atoms with van der Waals surface area (Å²) in [6.45, 7) is 0.0989. The maximum Gasteiger partial charge on any atom is 0.331 e. The van der Waals surface area contributed by atoms with E-state index in [9.17, 15) is 9.59 Å². The standard InChI is InChI=1S/C12H9Cl2IN2O2/c1-16-6-10(15)11(18)17(12(16)19)5-7-4-8(13)2-3-9(7)14/h2-4,6H,5H2,1H3. The fourth-order valence-corrected chi connectivity index (χ4v) is 2.74. The first-order chi connectivity index (χ1) is 8.90. The zero-order chi connectivity index (χ0) is 14.2. The molecule has 1 heterocycles. The van der Waals surface area contributed by atoms with Gasteiger partial charge >= 0.3 is 5.69 Å². The number of hydrogen-bond donors (Lipinski definition) is 0. The number of aryl methyl sites for hydroxylation is 1. The minimum atomic E-state index is -0.388. The molecule has 0 saturated heterocycles. The van der Waals surface area contributed by atoms with Gasteiger partial charge in [0.15, 0.2) is 0 Å². The van der Waals surface area contributed by atoms with Gasteiger partial charge in [0.1, 0.15) is 0 Å². The number of hydrogen-bond acceptors (Lipinski definition) is 2. The van der Waals surface area contributed by atoms with Gasteiger partial charge in [-0.3, -0.25) is 9.36 Å². The Morgan fingerprint density at radius 1 is 1.26 bits per heavy atom. The number of benzene rings is 1. The monoisotopic (exact) mass is 410 g/mol. The van der Waals surface area contributed by atoms with E-state index in [0.29, 0.717) is 19.2 Å². The van der Waals surface area contributed by atoms with Crippen LogP contribution in [0.2, 0.25) is 10.0 Å². The van der Waals surface area contributed by atoms with Crippen LogP contribution in [0.4, 0.5) is 0 Å². The van der Waals surface area contributed by atoms with Crippen molar-refractivity contribution >= 4 is 45.8 Å². The molecule has 0 amide bonds. The van der Waals surface area contributed by atoms with Crippen LogP contribution in [0, 0.1) is 3.57 Å². The fraction of sp³-hybridized carbons (Fsp3) is 0.167. The lowest BCUT2D eigenvalue weighted by Crippen LogP contribution is -2.40. The zero-order valence-corrected chi connectivity index (χ0v) is 13.5. The van der Waals surface area contributed by atoms with Gasteiger partial charge in [-0.1, -0.05) is 23.2 Å². The van der Waals surface area contributed by atoms with Crippen molar-refractivity contribution in [3.05, 3.63) is 64.4 Å². The molecule has 0 bridgehead atoms. The number of halogens is 3. The SMILES string of the molecule is Cn1cc(I)c(=O)n(Cc2cc(Cl)ccc2Cl)c1=O. The van der Waals surface area contributed by atoms with Crippen molar-refractivity contribution in [3.8, 4) is 0 Å². The number of nitrogens with zero attached hydrogens (tertiary/aromatic N) is 2. The van der Waals surface area contributed by atoms with Crippen molar-refractivity contribution in [2.75, 3.05) is 0 Å². The third kappa shape index (κ3) is 3.04. The third-order valence-electron chi connectivity index (χ3n) is 2.63. The Hall–Kier alpha value is -0.790. The molecule has 0 N–H and O–H groups in total. The second kappa shape index (κ2) is 5.68. The van der Waals surface area contributed by atoms with Crippen molar-refractivity contribution in [1.82, 2.24) is 9.13 Å². The quantitative estimate of drug-likeness (QED) is 0.714. The van der Waals surface area contributed by atoms with Gasteiger partial charge in [-0.05, 0) is 46.4 Å². The lowest BCUT2D eigenvalue weighted by Gasteiger charge is -2.09. The Balaban J connectivity index is 2.59. The Kier molecular flexibility index (Phi) is 4.37. The molecule has 0 aliphatic rings. The average molecular weight is 411 g/mol. The molecule has 0 aliphatic heterocycles.